The van der Waals surface area contributed by atoms with Crippen LogP contribution in [0.1, 0.15) is 32.1 Å². The number of fused-ring (bicyclic) bond motifs is 1. The van der Waals surface area contributed by atoms with Crippen molar-refractivity contribution >= 4 is 30.7 Å². The second kappa shape index (κ2) is 11.2. The maximum Gasteiger partial charge on any atom is 0.239 e. The molecular formula is C21H33Cl2N3O2. The average molecular weight is 430 g/mol. The molecule has 1 N–H and O–H groups in total. The molecule has 3 atom stereocenters. The summed E-state index contributed by atoms with van der Waals surface area (Å²) in [6, 6.07) is 10.6. The van der Waals surface area contributed by atoms with Crippen molar-refractivity contribution in [3.63, 3.8) is 0 Å². The molecule has 5 nitrogen and oxygen atoms in total. The number of para-hydroxylation sites is 1. The third kappa shape index (κ3) is 5.76. The number of rotatable bonds is 5. The first kappa shape index (κ1) is 23.3. The van der Waals surface area contributed by atoms with Crippen molar-refractivity contribution in [1.29, 1.82) is 0 Å². The van der Waals surface area contributed by atoms with Crippen molar-refractivity contribution in [1.82, 2.24) is 15.1 Å². The van der Waals surface area contributed by atoms with Crippen molar-refractivity contribution in [3.05, 3.63) is 30.3 Å². The number of carbonyl (C=O) groups is 1. The molecule has 1 aliphatic carbocycles. The van der Waals surface area contributed by atoms with E-state index in [9.17, 15) is 4.79 Å². The van der Waals surface area contributed by atoms with Crippen LogP contribution in [0.2, 0.25) is 0 Å². The van der Waals surface area contributed by atoms with Gasteiger partial charge in [-0.3, -0.25) is 9.69 Å². The van der Waals surface area contributed by atoms with Gasteiger partial charge in [-0.25, -0.2) is 0 Å². The van der Waals surface area contributed by atoms with E-state index in [1.807, 2.05) is 30.3 Å². The highest BCUT2D eigenvalue weighted by Crippen LogP contribution is 2.33. The van der Waals surface area contributed by atoms with Crippen molar-refractivity contribution in [2.75, 3.05) is 39.3 Å². The van der Waals surface area contributed by atoms with Gasteiger partial charge in [0, 0.05) is 38.8 Å². The topological polar surface area (TPSA) is 44.8 Å². The molecule has 1 aromatic carbocycles. The fourth-order valence-electron chi connectivity index (χ4n) is 4.73. The van der Waals surface area contributed by atoms with Gasteiger partial charge in [-0.05, 0) is 37.3 Å². The van der Waals surface area contributed by atoms with Crippen LogP contribution in [-0.2, 0) is 4.79 Å². The predicted octanol–water partition coefficient (Wildman–Crippen LogP) is 2.97. The van der Waals surface area contributed by atoms with E-state index in [0.29, 0.717) is 18.6 Å². The minimum atomic E-state index is 0. The number of piperazine rings is 1. The largest absolute Gasteiger partial charge is 0.492 e. The number of halogens is 2. The number of nitrogens with zero attached hydrogens (tertiary/aromatic N) is 2. The van der Waals surface area contributed by atoms with Crippen LogP contribution in [-0.4, -0.2) is 67.1 Å². The lowest BCUT2D eigenvalue weighted by atomic mass is 9.85. The van der Waals surface area contributed by atoms with Gasteiger partial charge < -0.3 is 15.0 Å². The van der Waals surface area contributed by atoms with Crippen molar-refractivity contribution < 1.29 is 9.53 Å². The highest BCUT2D eigenvalue weighted by Gasteiger charge is 2.40. The zero-order valence-corrected chi connectivity index (χ0v) is 18.1. The molecule has 2 saturated heterocycles. The third-order valence-corrected chi connectivity index (χ3v) is 6.26. The van der Waals surface area contributed by atoms with Gasteiger partial charge >= 0.3 is 0 Å². The minimum Gasteiger partial charge on any atom is -0.492 e. The minimum absolute atomic E-state index is 0. The van der Waals surface area contributed by atoms with E-state index in [0.717, 1.165) is 50.8 Å². The number of hydrogen-bond donors (Lipinski definition) is 1. The van der Waals surface area contributed by atoms with Crippen LogP contribution in [0.15, 0.2) is 30.3 Å². The van der Waals surface area contributed by atoms with Crippen LogP contribution in [0.25, 0.3) is 0 Å². The van der Waals surface area contributed by atoms with Crippen molar-refractivity contribution in [2.45, 2.75) is 44.2 Å². The Morgan fingerprint density at radius 1 is 1.04 bits per heavy atom. The molecule has 1 amide bonds. The van der Waals surface area contributed by atoms with Crippen LogP contribution in [0, 0.1) is 5.92 Å². The lowest BCUT2D eigenvalue weighted by molar-refractivity contribution is -0.135. The van der Waals surface area contributed by atoms with E-state index >= 15 is 0 Å². The van der Waals surface area contributed by atoms with E-state index in [4.69, 9.17) is 4.74 Å². The van der Waals surface area contributed by atoms with E-state index in [-0.39, 0.29) is 30.9 Å². The fraction of sp³-hybridized carbons (Fsp3) is 0.667. The molecule has 1 aromatic rings. The first-order valence-electron chi connectivity index (χ1n) is 10.2. The summed E-state index contributed by atoms with van der Waals surface area (Å²) in [5.41, 5.74) is 0. The van der Waals surface area contributed by atoms with Gasteiger partial charge in [0.05, 0.1) is 6.04 Å². The van der Waals surface area contributed by atoms with E-state index in [1.165, 1.54) is 25.7 Å². The van der Waals surface area contributed by atoms with Gasteiger partial charge in [-0.15, -0.1) is 24.8 Å². The Labute approximate surface area is 181 Å². The molecule has 3 unspecified atom stereocenters. The summed E-state index contributed by atoms with van der Waals surface area (Å²) in [7, 11) is 0. The molecule has 2 heterocycles. The second-order valence-electron chi connectivity index (χ2n) is 7.93. The first-order valence-corrected chi connectivity index (χ1v) is 10.2. The Morgan fingerprint density at radius 2 is 1.75 bits per heavy atom. The first-order chi connectivity index (χ1) is 12.8. The van der Waals surface area contributed by atoms with Gasteiger partial charge in [-0.2, -0.15) is 0 Å². The van der Waals surface area contributed by atoms with Crippen LogP contribution in [0.3, 0.4) is 0 Å². The molecule has 158 valence electrons. The molecule has 28 heavy (non-hydrogen) atoms. The Morgan fingerprint density at radius 3 is 2.46 bits per heavy atom. The van der Waals surface area contributed by atoms with Crippen molar-refractivity contribution in [2.24, 2.45) is 5.92 Å². The Balaban J connectivity index is 0.00000140. The van der Waals surface area contributed by atoms with Gasteiger partial charge in [0.1, 0.15) is 12.4 Å². The summed E-state index contributed by atoms with van der Waals surface area (Å²) in [5.74, 6) is 1.99. The van der Waals surface area contributed by atoms with Crippen LogP contribution >= 0.6 is 24.8 Å². The summed E-state index contributed by atoms with van der Waals surface area (Å²) in [6.07, 6.45) is 6.27. The molecule has 1 saturated carbocycles. The molecule has 3 aliphatic rings. The molecule has 0 aromatic heterocycles. The second-order valence-corrected chi connectivity index (χ2v) is 7.93. The lowest BCUT2D eigenvalue weighted by Gasteiger charge is -2.36. The number of carbonyl (C=O) groups excluding carboxylic acids is 1. The number of hydrogen-bond acceptors (Lipinski definition) is 4. The monoisotopic (exact) mass is 429 g/mol. The van der Waals surface area contributed by atoms with E-state index < -0.39 is 0 Å². The molecule has 0 radical (unpaired) electrons. The molecule has 3 fully saturated rings. The zero-order chi connectivity index (χ0) is 17.8. The van der Waals surface area contributed by atoms with Crippen LogP contribution in [0.5, 0.6) is 5.75 Å². The van der Waals surface area contributed by atoms with Gasteiger partial charge in [0.2, 0.25) is 5.91 Å². The summed E-state index contributed by atoms with van der Waals surface area (Å²) < 4.78 is 5.79. The SMILES string of the molecule is Cl.Cl.O=C(C1CC2CCCCC2N1)N1CCN(CCOc2ccccc2)CC1. The van der Waals surface area contributed by atoms with Crippen molar-refractivity contribution in [3.8, 4) is 5.75 Å². The molecule has 2 aliphatic heterocycles. The lowest BCUT2D eigenvalue weighted by Crippen LogP contribution is -2.54. The molecular weight excluding hydrogens is 397 g/mol. The number of nitrogens with one attached hydrogen (secondary N) is 1. The van der Waals surface area contributed by atoms with Crippen LogP contribution < -0.4 is 10.1 Å². The molecule has 7 heteroatoms. The third-order valence-electron chi connectivity index (χ3n) is 6.26. The molecule has 4 rings (SSSR count). The maximum atomic E-state index is 12.9. The molecule has 0 spiro atoms. The Kier molecular flexibility index (Phi) is 9.35. The number of amides is 1. The normalized spacial score (nSPS) is 27.3. The predicted molar refractivity (Wildman–Crippen MR) is 117 cm³/mol. The van der Waals surface area contributed by atoms with Crippen LogP contribution in [0.4, 0.5) is 0 Å². The van der Waals surface area contributed by atoms with Gasteiger partial charge in [-0.1, -0.05) is 31.0 Å². The quantitative estimate of drug-likeness (QED) is 0.780. The van der Waals surface area contributed by atoms with E-state index in [1.54, 1.807) is 0 Å². The van der Waals surface area contributed by atoms with Gasteiger partial charge in [0.25, 0.3) is 0 Å². The Hall–Kier alpha value is -1.01. The maximum absolute atomic E-state index is 12.9. The highest BCUT2D eigenvalue weighted by molar-refractivity contribution is 5.85. The number of ether oxygens (including phenoxy) is 1. The van der Waals surface area contributed by atoms with Gasteiger partial charge in [0.15, 0.2) is 0 Å². The smallest absolute Gasteiger partial charge is 0.239 e. The molecule has 0 bridgehead atoms. The summed E-state index contributed by atoms with van der Waals surface area (Å²) in [6.45, 7) is 5.20. The standard InChI is InChI=1S/C21H31N3O2.2ClH/c25-21(20-16-17-6-4-5-9-19(17)22-20)24-12-10-23(11-13-24)14-15-26-18-7-2-1-3-8-18;;/h1-3,7-8,17,19-20,22H,4-6,9-16H2;2*1H. The average Bonchev–Trinajstić information content (AvgIpc) is 3.13. The zero-order valence-electron chi connectivity index (χ0n) is 16.4. The fourth-order valence-corrected chi connectivity index (χ4v) is 4.73. The number of benzene rings is 1. The summed E-state index contributed by atoms with van der Waals surface area (Å²) in [4.78, 5) is 17.3. The summed E-state index contributed by atoms with van der Waals surface area (Å²) >= 11 is 0. The van der Waals surface area contributed by atoms with E-state index in [2.05, 4.69) is 15.1 Å². The Bertz CT molecular complexity index is 583. The summed E-state index contributed by atoms with van der Waals surface area (Å²) in [5, 5.41) is 3.63. The highest BCUT2D eigenvalue weighted by atomic mass is 35.5.